The number of carbonyl (C=O) groups is 2. The summed E-state index contributed by atoms with van der Waals surface area (Å²) in [6.07, 6.45) is 1.86. The lowest BCUT2D eigenvalue weighted by Gasteiger charge is -2.38. The van der Waals surface area contributed by atoms with Crippen LogP contribution in [-0.2, 0) is 4.79 Å². The molecular weight excluding hydrogens is 246 g/mol. The third-order valence-electron chi connectivity index (χ3n) is 3.51. The van der Waals surface area contributed by atoms with Gasteiger partial charge in [-0.25, -0.2) is 4.79 Å². The molecule has 0 aromatic heterocycles. The number of carbonyl (C=O) groups excluding carboxylic acids is 1. The van der Waals surface area contributed by atoms with E-state index in [0.29, 0.717) is 6.54 Å². The number of hydrogen-bond acceptors (Lipinski definition) is 3. The van der Waals surface area contributed by atoms with Crippen molar-refractivity contribution in [1.82, 2.24) is 15.1 Å². The predicted molar refractivity (Wildman–Crippen MR) is 73.1 cm³/mol. The molecular formula is C13H25N3O3. The van der Waals surface area contributed by atoms with Gasteiger partial charge in [0.05, 0.1) is 0 Å². The van der Waals surface area contributed by atoms with E-state index in [9.17, 15) is 9.59 Å². The molecule has 0 bridgehead atoms. The average Bonchev–Trinajstić information content (AvgIpc) is 2.37. The second-order valence-corrected chi connectivity index (χ2v) is 5.17. The number of carboxylic acids is 1. The fraction of sp³-hybridized carbons (Fsp3) is 0.846. The molecule has 2 N–H and O–H groups in total. The highest BCUT2D eigenvalue weighted by molar-refractivity contribution is 5.80. The van der Waals surface area contributed by atoms with Crippen LogP contribution in [0.2, 0.25) is 0 Å². The molecule has 0 aliphatic carbocycles. The molecule has 6 heteroatoms. The number of piperidine rings is 1. The van der Waals surface area contributed by atoms with E-state index in [0.717, 1.165) is 25.9 Å². The van der Waals surface area contributed by atoms with E-state index in [1.54, 1.807) is 0 Å². The molecule has 0 spiro atoms. The van der Waals surface area contributed by atoms with Gasteiger partial charge in [-0.3, -0.25) is 4.79 Å². The van der Waals surface area contributed by atoms with Crippen molar-refractivity contribution < 1.29 is 14.7 Å². The van der Waals surface area contributed by atoms with Crippen molar-refractivity contribution in [3.8, 4) is 0 Å². The van der Waals surface area contributed by atoms with Crippen molar-refractivity contribution in [2.45, 2.75) is 45.7 Å². The van der Waals surface area contributed by atoms with Crippen LogP contribution in [0.15, 0.2) is 0 Å². The highest BCUT2D eigenvalue weighted by Gasteiger charge is 2.29. The maximum Gasteiger partial charge on any atom is 0.323 e. The van der Waals surface area contributed by atoms with E-state index < -0.39 is 5.97 Å². The van der Waals surface area contributed by atoms with Crippen molar-refractivity contribution in [2.75, 3.05) is 26.2 Å². The van der Waals surface area contributed by atoms with Crippen LogP contribution < -0.4 is 5.32 Å². The molecule has 1 aliphatic heterocycles. The largest absolute Gasteiger partial charge is 0.480 e. The third kappa shape index (κ3) is 4.38. The second-order valence-electron chi connectivity index (χ2n) is 5.17. The number of carboxylic acid groups (broad SMARTS) is 1. The average molecular weight is 271 g/mol. The molecule has 1 fully saturated rings. The van der Waals surface area contributed by atoms with Gasteiger partial charge in [0.25, 0.3) is 0 Å². The summed E-state index contributed by atoms with van der Waals surface area (Å²) in [4.78, 5) is 26.6. The van der Waals surface area contributed by atoms with Crippen LogP contribution in [0.4, 0.5) is 4.79 Å². The normalized spacial score (nSPS) is 16.4. The Morgan fingerprint density at radius 1 is 1.32 bits per heavy atom. The number of nitrogens with zero attached hydrogens (tertiary/aromatic N) is 2. The number of amides is 2. The van der Waals surface area contributed by atoms with Crippen molar-refractivity contribution in [2.24, 2.45) is 0 Å². The third-order valence-corrected chi connectivity index (χ3v) is 3.51. The number of nitrogens with one attached hydrogen (secondary N) is 1. The first-order chi connectivity index (χ1) is 8.97. The van der Waals surface area contributed by atoms with E-state index >= 15 is 0 Å². The van der Waals surface area contributed by atoms with Crippen LogP contribution in [0.3, 0.4) is 0 Å². The lowest BCUT2D eigenvalue weighted by atomic mass is 10.1. The first-order valence-corrected chi connectivity index (χ1v) is 6.97. The highest BCUT2D eigenvalue weighted by Crippen LogP contribution is 2.15. The van der Waals surface area contributed by atoms with Crippen LogP contribution >= 0.6 is 0 Å². The molecule has 1 heterocycles. The van der Waals surface area contributed by atoms with E-state index in [1.807, 2.05) is 25.7 Å². The summed E-state index contributed by atoms with van der Waals surface area (Å²) < 4.78 is 0. The molecule has 6 nitrogen and oxygen atoms in total. The van der Waals surface area contributed by atoms with E-state index in [2.05, 4.69) is 5.32 Å². The number of hydrogen-bond donors (Lipinski definition) is 2. The Balaban J connectivity index is 2.76. The van der Waals surface area contributed by atoms with Gasteiger partial charge in [0.1, 0.15) is 6.54 Å². The van der Waals surface area contributed by atoms with Crippen LogP contribution in [-0.4, -0.2) is 65.2 Å². The van der Waals surface area contributed by atoms with Crippen LogP contribution in [0.25, 0.3) is 0 Å². The maximum atomic E-state index is 12.5. The Bertz CT molecular complexity index is 314. The Hall–Kier alpha value is -1.30. The maximum absolute atomic E-state index is 12.5. The summed E-state index contributed by atoms with van der Waals surface area (Å²) in [6.45, 7) is 7.84. The lowest BCUT2D eigenvalue weighted by molar-refractivity contribution is -0.138. The summed E-state index contributed by atoms with van der Waals surface area (Å²) in [6, 6.07) is -0.0556. The van der Waals surface area contributed by atoms with E-state index in [1.165, 1.54) is 4.90 Å². The Morgan fingerprint density at radius 3 is 2.32 bits per heavy atom. The zero-order chi connectivity index (χ0) is 14.4. The molecule has 1 saturated heterocycles. The van der Waals surface area contributed by atoms with Crippen molar-refractivity contribution in [3.05, 3.63) is 0 Å². The molecule has 0 aromatic carbocycles. The minimum Gasteiger partial charge on any atom is -0.480 e. The fourth-order valence-electron chi connectivity index (χ4n) is 2.45. The van der Waals surface area contributed by atoms with Crippen LogP contribution in [0, 0.1) is 0 Å². The minimum atomic E-state index is -0.969. The van der Waals surface area contributed by atoms with Gasteiger partial charge in [-0.2, -0.15) is 0 Å². The van der Waals surface area contributed by atoms with Gasteiger partial charge in [0, 0.05) is 18.6 Å². The SMILES string of the molecule is CCN(C(=O)N(CC(=O)O)C(C)C)C1CCNCC1. The zero-order valence-electron chi connectivity index (χ0n) is 12.1. The van der Waals surface area contributed by atoms with Gasteiger partial charge >= 0.3 is 12.0 Å². The zero-order valence-corrected chi connectivity index (χ0v) is 12.1. The smallest absolute Gasteiger partial charge is 0.323 e. The van der Waals surface area contributed by atoms with E-state index in [-0.39, 0.29) is 24.7 Å². The predicted octanol–water partition coefficient (Wildman–Crippen LogP) is 0.975. The van der Waals surface area contributed by atoms with Gasteiger partial charge in [-0.15, -0.1) is 0 Å². The van der Waals surface area contributed by atoms with Gasteiger partial charge in [0.15, 0.2) is 0 Å². The highest BCUT2D eigenvalue weighted by atomic mass is 16.4. The number of aliphatic carboxylic acids is 1. The van der Waals surface area contributed by atoms with Crippen molar-refractivity contribution >= 4 is 12.0 Å². The van der Waals surface area contributed by atoms with Gasteiger partial charge in [-0.1, -0.05) is 0 Å². The standard InChI is InChI=1S/C13H25N3O3/c1-4-15(11-5-7-14-8-6-11)13(19)16(10(2)3)9-12(17)18/h10-11,14H,4-9H2,1-3H3,(H,17,18). The summed E-state index contributed by atoms with van der Waals surface area (Å²) in [5, 5.41) is 12.2. The topological polar surface area (TPSA) is 72.9 Å². The Labute approximate surface area is 114 Å². The monoisotopic (exact) mass is 271 g/mol. The van der Waals surface area contributed by atoms with Gasteiger partial charge in [0.2, 0.25) is 0 Å². The minimum absolute atomic E-state index is 0.112. The molecule has 110 valence electrons. The van der Waals surface area contributed by atoms with Gasteiger partial charge < -0.3 is 20.2 Å². The lowest BCUT2D eigenvalue weighted by Crippen LogP contribution is -2.53. The van der Waals surface area contributed by atoms with Crippen LogP contribution in [0.5, 0.6) is 0 Å². The van der Waals surface area contributed by atoms with E-state index in [4.69, 9.17) is 5.11 Å². The van der Waals surface area contributed by atoms with Gasteiger partial charge in [-0.05, 0) is 46.7 Å². The molecule has 2 amide bonds. The molecule has 0 radical (unpaired) electrons. The van der Waals surface area contributed by atoms with Crippen LogP contribution in [0.1, 0.15) is 33.6 Å². The molecule has 0 saturated carbocycles. The summed E-state index contributed by atoms with van der Waals surface area (Å²) in [5.74, 6) is -0.969. The summed E-state index contributed by atoms with van der Waals surface area (Å²) >= 11 is 0. The molecule has 1 aliphatic rings. The molecule has 19 heavy (non-hydrogen) atoms. The van der Waals surface area contributed by atoms with Crippen molar-refractivity contribution in [3.63, 3.8) is 0 Å². The summed E-state index contributed by atoms with van der Waals surface area (Å²) in [7, 11) is 0. The first-order valence-electron chi connectivity index (χ1n) is 6.97. The number of urea groups is 1. The number of rotatable bonds is 5. The first kappa shape index (κ1) is 15.8. The summed E-state index contributed by atoms with van der Waals surface area (Å²) in [5.41, 5.74) is 0. The van der Waals surface area contributed by atoms with Crippen molar-refractivity contribution in [1.29, 1.82) is 0 Å². The fourth-order valence-corrected chi connectivity index (χ4v) is 2.45. The molecule has 0 aromatic rings. The molecule has 0 unspecified atom stereocenters. The molecule has 1 rings (SSSR count). The second kappa shape index (κ2) is 7.33. The Kier molecular flexibility index (Phi) is 6.08. The quantitative estimate of drug-likeness (QED) is 0.781. The Morgan fingerprint density at radius 2 is 1.89 bits per heavy atom. The molecule has 0 atom stereocenters.